The lowest BCUT2D eigenvalue weighted by atomic mass is 10.1. The van der Waals surface area contributed by atoms with Crippen LogP contribution >= 0.6 is 11.8 Å². The second-order valence-corrected chi connectivity index (χ2v) is 5.18. The maximum absolute atomic E-state index is 6.29. The normalized spacial score (nSPS) is 25.4. The first kappa shape index (κ1) is 11.0. The zero-order valence-corrected chi connectivity index (χ0v) is 10.1. The largest absolute Gasteiger partial charge is 0.321 e. The van der Waals surface area contributed by atoms with Gasteiger partial charge in [0, 0.05) is 37.3 Å². The Morgan fingerprint density at radius 2 is 2.40 bits per heavy atom. The van der Waals surface area contributed by atoms with E-state index in [1.165, 1.54) is 5.75 Å². The van der Waals surface area contributed by atoms with Crippen LogP contribution in [0.2, 0.25) is 0 Å². The van der Waals surface area contributed by atoms with E-state index in [4.69, 9.17) is 5.73 Å². The molecule has 0 aromatic carbocycles. The van der Waals surface area contributed by atoms with E-state index in [0.717, 1.165) is 18.0 Å². The first-order chi connectivity index (χ1) is 7.20. The number of aryl methyl sites for hydroxylation is 1. The van der Waals surface area contributed by atoms with Gasteiger partial charge in [0.15, 0.2) is 0 Å². The van der Waals surface area contributed by atoms with Gasteiger partial charge in [-0.2, -0.15) is 16.9 Å². The van der Waals surface area contributed by atoms with E-state index in [1.54, 1.807) is 0 Å². The van der Waals surface area contributed by atoms with Crippen LogP contribution in [0.3, 0.4) is 0 Å². The number of hydrogen-bond acceptors (Lipinski definition) is 4. The van der Waals surface area contributed by atoms with Gasteiger partial charge in [-0.1, -0.05) is 0 Å². The summed E-state index contributed by atoms with van der Waals surface area (Å²) in [4.78, 5) is 2.36. The van der Waals surface area contributed by atoms with Crippen molar-refractivity contribution in [2.45, 2.75) is 12.1 Å². The minimum atomic E-state index is 0.0651. The van der Waals surface area contributed by atoms with Gasteiger partial charge in [0.1, 0.15) is 0 Å². The number of hydrogen-bond donors (Lipinski definition) is 1. The van der Waals surface area contributed by atoms with Crippen LogP contribution in [0.4, 0.5) is 0 Å². The monoisotopic (exact) mass is 226 g/mol. The molecule has 1 saturated heterocycles. The first-order valence-electron chi connectivity index (χ1n) is 5.21. The maximum atomic E-state index is 6.29. The van der Waals surface area contributed by atoms with Gasteiger partial charge in [-0.3, -0.25) is 9.58 Å². The second kappa shape index (κ2) is 4.55. The fraction of sp³-hybridized carbons (Fsp3) is 0.700. The number of thioether (sulfide) groups is 1. The molecule has 0 bridgehead atoms. The molecule has 0 saturated carbocycles. The number of aromatic nitrogens is 2. The van der Waals surface area contributed by atoms with Crippen LogP contribution < -0.4 is 5.73 Å². The second-order valence-electron chi connectivity index (χ2n) is 4.03. The molecule has 2 rings (SSSR count). The Balaban J connectivity index is 2.13. The number of nitrogens with two attached hydrogens (primary N) is 1. The molecule has 0 radical (unpaired) electrons. The van der Waals surface area contributed by atoms with Gasteiger partial charge in [0.2, 0.25) is 0 Å². The highest BCUT2D eigenvalue weighted by atomic mass is 32.2. The van der Waals surface area contributed by atoms with Crippen LogP contribution in [-0.2, 0) is 7.05 Å². The van der Waals surface area contributed by atoms with Crippen LogP contribution in [0.15, 0.2) is 12.3 Å². The number of likely N-dealkylation sites (N-methyl/N-ethyl adjacent to an activating group) is 1. The third-order valence-corrected chi connectivity index (χ3v) is 4.11. The lowest BCUT2D eigenvalue weighted by molar-refractivity contribution is 0.233. The van der Waals surface area contributed by atoms with Gasteiger partial charge in [-0.25, -0.2) is 0 Å². The highest BCUT2D eigenvalue weighted by Crippen LogP contribution is 2.24. The Labute approximate surface area is 94.8 Å². The van der Waals surface area contributed by atoms with Gasteiger partial charge in [-0.15, -0.1) is 0 Å². The van der Waals surface area contributed by atoms with Gasteiger partial charge in [-0.05, 0) is 13.1 Å². The van der Waals surface area contributed by atoms with Crippen molar-refractivity contribution >= 4 is 11.8 Å². The third-order valence-electron chi connectivity index (χ3n) is 3.06. The molecule has 15 heavy (non-hydrogen) atoms. The Morgan fingerprint density at radius 3 is 3.00 bits per heavy atom. The van der Waals surface area contributed by atoms with Crippen molar-refractivity contribution in [3.05, 3.63) is 18.0 Å². The fourth-order valence-corrected chi connectivity index (χ4v) is 3.28. The van der Waals surface area contributed by atoms with Crippen molar-refractivity contribution in [2.24, 2.45) is 12.8 Å². The smallest absolute Gasteiger partial charge is 0.0632 e. The van der Waals surface area contributed by atoms with Crippen LogP contribution in [0.1, 0.15) is 11.7 Å². The van der Waals surface area contributed by atoms with Gasteiger partial charge < -0.3 is 5.73 Å². The molecular formula is C10H18N4S. The van der Waals surface area contributed by atoms with E-state index in [2.05, 4.69) is 17.0 Å². The molecule has 1 aliphatic rings. The van der Waals surface area contributed by atoms with Gasteiger partial charge in [0.05, 0.1) is 11.7 Å². The highest BCUT2D eigenvalue weighted by molar-refractivity contribution is 7.99. The molecule has 0 aliphatic carbocycles. The average Bonchev–Trinajstić information content (AvgIpc) is 2.64. The summed E-state index contributed by atoms with van der Waals surface area (Å²) in [5.74, 6) is 2.33. The molecular weight excluding hydrogens is 208 g/mol. The lowest BCUT2D eigenvalue weighted by Gasteiger charge is -2.35. The van der Waals surface area contributed by atoms with E-state index < -0.39 is 0 Å². The SMILES string of the molecule is CN1CCSCC1C(N)c1ccnn1C. The Bertz CT molecular complexity index is 325. The summed E-state index contributed by atoms with van der Waals surface area (Å²) in [6.45, 7) is 1.13. The van der Waals surface area contributed by atoms with Crippen LogP contribution in [0.25, 0.3) is 0 Å². The van der Waals surface area contributed by atoms with Gasteiger partial charge >= 0.3 is 0 Å². The van der Waals surface area contributed by atoms with Crippen molar-refractivity contribution in [1.29, 1.82) is 0 Å². The summed E-state index contributed by atoms with van der Waals surface area (Å²) < 4.78 is 1.87. The Hall–Kier alpha value is -0.520. The molecule has 2 atom stereocenters. The van der Waals surface area contributed by atoms with Crippen molar-refractivity contribution in [2.75, 3.05) is 25.1 Å². The molecule has 84 valence electrons. The quantitative estimate of drug-likeness (QED) is 0.796. The Morgan fingerprint density at radius 1 is 1.60 bits per heavy atom. The topological polar surface area (TPSA) is 47.1 Å². The minimum Gasteiger partial charge on any atom is -0.321 e. The zero-order chi connectivity index (χ0) is 10.8. The zero-order valence-electron chi connectivity index (χ0n) is 9.26. The minimum absolute atomic E-state index is 0.0651. The van der Waals surface area contributed by atoms with Crippen molar-refractivity contribution in [3.63, 3.8) is 0 Å². The fourth-order valence-electron chi connectivity index (χ4n) is 1.99. The highest BCUT2D eigenvalue weighted by Gasteiger charge is 2.27. The summed E-state index contributed by atoms with van der Waals surface area (Å²) >= 11 is 1.99. The lowest BCUT2D eigenvalue weighted by Crippen LogP contribution is -2.46. The van der Waals surface area contributed by atoms with Crippen LogP contribution in [0.5, 0.6) is 0 Å². The van der Waals surface area contributed by atoms with E-state index in [0.29, 0.717) is 6.04 Å². The summed E-state index contributed by atoms with van der Waals surface area (Å²) in [7, 11) is 4.10. The molecule has 2 heterocycles. The standard InChI is InChI=1S/C10H18N4S/c1-13-5-6-15-7-9(13)10(11)8-3-4-12-14(8)2/h3-4,9-10H,5-7,11H2,1-2H3. The summed E-state index contributed by atoms with van der Waals surface area (Å²) in [5, 5.41) is 4.17. The van der Waals surface area contributed by atoms with Crippen LogP contribution in [-0.4, -0.2) is 45.8 Å². The molecule has 2 N–H and O–H groups in total. The molecule has 0 spiro atoms. The van der Waals surface area contributed by atoms with E-state index in [1.807, 2.05) is 35.8 Å². The first-order valence-corrected chi connectivity index (χ1v) is 6.37. The average molecular weight is 226 g/mol. The molecule has 0 amide bonds. The van der Waals surface area contributed by atoms with Crippen LogP contribution in [0, 0.1) is 0 Å². The van der Waals surface area contributed by atoms with Gasteiger partial charge in [0.25, 0.3) is 0 Å². The van der Waals surface area contributed by atoms with Crippen molar-refractivity contribution in [1.82, 2.24) is 14.7 Å². The summed E-state index contributed by atoms with van der Waals surface area (Å²) in [6, 6.07) is 2.51. The van der Waals surface area contributed by atoms with Crippen molar-refractivity contribution < 1.29 is 0 Å². The predicted molar refractivity (Wildman–Crippen MR) is 63.9 cm³/mol. The number of rotatable bonds is 2. The summed E-state index contributed by atoms with van der Waals surface area (Å²) in [5.41, 5.74) is 7.41. The summed E-state index contributed by atoms with van der Waals surface area (Å²) in [6.07, 6.45) is 1.81. The molecule has 5 heteroatoms. The van der Waals surface area contributed by atoms with Crippen molar-refractivity contribution in [3.8, 4) is 0 Å². The Kier molecular flexibility index (Phi) is 3.33. The van der Waals surface area contributed by atoms with E-state index >= 15 is 0 Å². The maximum Gasteiger partial charge on any atom is 0.0632 e. The van der Waals surface area contributed by atoms with E-state index in [9.17, 15) is 0 Å². The predicted octanol–water partition coefficient (Wildman–Crippen LogP) is 0.467. The third kappa shape index (κ3) is 2.19. The molecule has 2 unspecified atom stereocenters. The molecule has 4 nitrogen and oxygen atoms in total. The van der Waals surface area contributed by atoms with E-state index in [-0.39, 0.29) is 6.04 Å². The number of nitrogens with zero attached hydrogens (tertiary/aromatic N) is 3. The molecule has 1 aromatic heterocycles. The molecule has 1 aromatic rings. The molecule has 1 fully saturated rings. The molecule has 1 aliphatic heterocycles.